The Morgan fingerprint density at radius 1 is 1.06 bits per heavy atom. The van der Waals surface area contributed by atoms with Crippen molar-refractivity contribution in [2.75, 3.05) is 0 Å². The van der Waals surface area contributed by atoms with Crippen molar-refractivity contribution in [1.82, 2.24) is 0 Å². The van der Waals surface area contributed by atoms with Crippen LogP contribution in [-0.2, 0) is 5.41 Å². The van der Waals surface area contributed by atoms with Crippen LogP contribution in [0.5, 0.6) is 0 Å². The Morgan fingerprint density at radius 3 is 2.24 bits per heavy atom. The second-order valence-corrected chi connectivity index (χ2v) is 8.30. The smallest absolute Gasteiger partial charge is 0.0184 e. The summed E-state index contributed by atoms with van der Waals surface area (Å²) in [7, 11) is 0. The van der Waals surface area contributed by atoms with Gasteiger partial charge in [0.05, 0.1) is 0 Å². The molecule has 2 rings (SSSR count). The molecule has 1 heteroatoms. The fourth-order valence-corrected chi connectivity index (χ4v) is 5.10. The largest absolute Gasteiger partial charge is 0.119 e. The van der Waals surface area contributed by atoms with E-state index in [1.54, 1.807) is 5.56 Å². The van der Waals surface area contributed by atoms with E-state index in [-0.39, 0.29) is 5.41 Å². The first-order valence-corrected chi connectivity index (χ1v) is 7.28. The lowest BCUT2D eigenvalue weighted by molar-refractivity contribution is 0.275. The number of fused-ring (bicyclic) bond motifs is 1. The molecule has 0 bridgehead atoms. The van der Waals surface area contributed by atoms with Crippen molar-refractivity contribution in [3.8, 4) is 0 Å². The molecule has 0 nitrogen and oxygen atoms in total. The van der Waals surface area contributed by atoms with Gasteiger partial charge in [0, 0.05) is 9.64 Å². The Hall–Kier alpha value is -0.430. The number of benzene rings is 1. The lowest BCUT2D eigenvalue weighted by Crippen LogP contribution is -2.43. The van der Waals surface area contributed by atoms with Crippen LogP contribution in [0, 0.1) is 19.8 Å². The van der Waals surface area contributed by atoms with Crippen molar-refractivity contribution >= 4 is 11.8 Å². The lowest BCUT2D eigenvalue weighted by atomic mass is 9.67. The quantitative estimate of drug-likeness (QED) is 0.615. The zero-order chi connectivity index (χ0) is 13.0. The van der Waals surface area contributed by atoms with Crippen LogP contribution >= 0.6 is 11.8 Å². The summed E-state index contributed by atoms with van der Waals surface area (Å²) in [5, 5.41) is 0. The predicted octanol–water partition coefficient (Wildman–Crippen LogP) is 5.10. The molecule has 0 aliphatic carbocycles. The zero-order valence-corrected chi connectivity index (χ0v) is 13.0. The topological polar surface area (TPSA) is 0 Å². The minimum Gasteiger partial charge on any atom is -0.119 e. The van der Waals surface area contributed by atoms with Crippen LogP contribution in [0.15, 0.2) is 17.0 Å². The van der Waals surface area contributed by atoms with E-state index in [0.29, 0.717) is 10.7 Å². The van der Waals surface area contributed by atoms with Gasteiger partial charge in [0.1, 0.15) is 0 Å². The first-order chi connectivity index (χ1) is 7.66. The summed E-state index contributed by atoms with van der Waals surface area (Å²) in [6, 6.07) is 4.69. The molecule has 1 aliphatic rings. The third kappa shape index (κ3) is 1.93. The number of thioether (sulfide) groups is 1. The van der Waals surface area contributed by atoms with E-state index in [4.69, 9.17) is 0 Å². The summed E-state index contributed by atoms with van der Waals surface area (Å²) in [5.41, 5.74) is 4.68. The van der Waals surface area contributed by atoms with E-state index in [0.717, 1.165) is 0 Å². The van der Waals surface area contributed by atoms with Gasteiger partial charge in [-0.25, -0.2) is 0 Å². The molecule has 0 radical (unpaired) electrons. The molecule has 1 aromatic rings. The van der Waals surface area contributed by atoms with E-state index in [2.05, 4.69) is 72.4 Å². The SMILES string of the molecule is Cc1cc(C)c2c(c1)SC(C)(C)C(C)C2(C)C. The Bertz CT molecular complexity index is 455. The van der Waals surface area contributed by atoms with Crippen molar-refractivity contribution in [1.29, 1.82) is 0 Å². The van der Waals surface area contributed by atoms with Gasteiger partial charge >= 0.3 is 0 Å². The molecule has 0 N–H and O–H groups in total. The van der Waals surface area contributed by atoms with Crippen LogP contribution < -0.4 is 0 Å². The third-order valence-corrected chi connectivity index (χ3v) is 6.01. The molecular formula is C16H24S. The van der Waals surface area contributed by atoms with Gasteiger partial charge in [-0.1, -0.05) is 40.7 Å². The molecule has 1 atom stereocenters. The highest BCUT2D eigenvalue weighted by Gasteiger charge is 2.45. The van der Waals surface area contributed by atoms with E-state index >= 15 is 0 Å². The van der Waals surface area contributed by atoms with Gasteiger partial charge in [0.25, 0.3) is 0 Å². The summed E-state index contributed by atoms with van der Waals surface area (Å²) < 4.78 is 0.316. The lowest BCUT2D eigenvalue weighted by Gasteiger charge is -2.48. The molecule has 0 saturated heterocycles. The monoisotopic (exact) mass is 248 g/mol. The Kier molecular flexibility index (Phi) is 2.89. The molecule has 1 aromatic carbocycles. The highest BCUT2D eigenvalue weighted by atomic mass is 32.2. The van der Waals surface area contributed by atoms with Crippen LogP contribution in [-0.4, -0.2) is 4.75 Å². The van der Waals surface area contributed by atoms with Gasteiger partial charge in [-0.3, -0.25) is 0 Å². The molecule has 0 spiro atoms. The molecule has 17 heavy (non-hydrogen) atoms. The van der Waals surface area contributed by atoms with Crippen molar-refractivity contribution in [3.05, 3.63) is 28.8 Å². The first kappa shape index (κ1) is 13.0. The highest BCUT2D eigenvalue weighted by molar-refractivity contribution is 8.00. The summed E-state index contributed by atoms with van der Waals surface area (Å²) >= 11 is 2.05. The molecular weight excluding hydrogens is 224 g/mol. The second-order valence-electron chi connectivity index (χ2n) is 6.60. The first-order valence-electron chi connectivity index (χ1n) is 6.47. The van der Waals surface area contributed by atoms with E-state index < -0.39 is 0 Å². The molecule has 0 saturated carbocycles. The summed E-state index contributed by atoms with van der Waals surface area (Å²) in [4.78, 5) is 1.50. The highest BCUT2D eigenvalue weighted by Crippen LogP contribution is 2.55. The second kappa shape index (κ2) is 3.78. The van der Waals surface area contributed by atoms with Crippen LogP contribution in [0.2, 0.25) is 0 Å². The minimum atomic E-state index is 0.266. The third-order valence-electron chi connectivity index (χ3n) is 4.59. The average molecular weight is 248 g/mol. The van der Waals surface area contributed by atoms with Gasteiger partial charge in [-0.2, -0.15) is 0 Å². The van der Waals surface area contributed by atoms with Gasteiger partial charge in [0.15, 0.2) is 0 Å². The number of hydrogen-bond acceptors (Lipinski definition) is 1. The maximum atomic E-state index is 2.40. The molecule has 0 aromatic heterocycles. The Morgan fingerprint density at radius 2 is 1.65 bits per heavy atom. The Balaban J connectivity index is 2.70. The number of aryl methyl sites for hydroxylation is 2. The van der Waals surface area contributed by atoms with Crippen molar-refractivity contribution in [3.63, 3.8) is 0 Å². The minimum absolute atomic E-state index is 0.266. The van der Waals surface area contributed by atoms with Crippen LogP contribution in [0.3, 0.4) is 0 Å². The van der Waals surface area contributed by atoms with E-state index in [1.807, 2.05) is 0 Å². The van der Waals surface area contributed by atoms with Gasteiger partial charge in [-0.05, 0) is 47.9 Å². The molecule has 0 fully saturated rings. The molecule has 1 aliphatic heterocycles. The summed E-state index contributed by atoms with van der Waals surface area (Å²) in [5.74, 6) is 0.675. The number of hydrogen-bond donors (Lipinski definition) is 0. The van der Waals surface area contributed by atoms with Crippen LogP contribution in [0.4, 0.5) is 0 Å². The zero-order valence-electron chi connectivity index (χ0n) is 12.1. The fraction of sp³-hybridized carbons (Fsp3) is 0.625. The molecule has 1 unspecified atom stereocenters. The van der Waals surface area contributed by atoms with Gasteiger partial charge in [0.2, 0.25) is 0 Å². The van der Waals surface area contributed by atoms with Crippen molar-refractivity contribution in [2.45, 2.75) is 63.5 Å². The van der Waals surface area contributed by atoms with Crippen molar-refractivity contribution < 1.29 is 0 Å². The maximum absolute atomic E-state index is 2.40. The molecule has 0 amide bonds. The standard InChI is InChI=1S/C16H24S/c1-10-8-11(2)14-13(9-10)17-16(6,7)12(3)15(14,4)5/h8-9,12H,1-7H3. The van der Waals surface area contributed by atoms with Crippen molar-refractivity contribution in [2.24, 2.45) is 5.92 Å². The van der Waals surface area contributed by atoms with Crippen LogP contribution in [0.1, 0.15) is 51.3 Å². The van der Waals surface area contributed by atoms with Crippen LogP contribution in [0.25, 0.3) is 0 Å². The Labute approximate surface area is 110 Å². The van der Waals surface area contributed by atoms with E-state index in [9.17, 15) is 0 Å². The molecule has 94 valence electrons. The average Bonchev–Trinajstić information content (AvgIpc) is 2.12. The maximum Gasteiger partial charge on any atom is 0.0184 e. The normalized spacial score (nSPS) is 25.5. The van der Waals surface area contributed by atoms with Gasteiger partial charge < -0.3 is 0 Å². The summed E-state index contributed by atoms with van der Waals surface area (Å²) in [6.45, 7) is 16.4. The van der Waals surface area contributed by atoms with E-state index in [1.165, 1.54) is 16.0 Å². The molecule has 1 heterocycles. The number of rotatable bonds is 0. The van der Waals surface area contributed by atoms with Gasteiger partial charge in [-0.15, -0.1) is 11.8 Å². The predicted molar refractivity (Wildman–Crippen MR) is 78.0 cm³/mol. The summed E-state index contributed by atoms with van der Waals surface area (Å²) in [6.07, 6.45) is 0. The fourth-order valence-electron chi connectivity index (χ4n) is 3.29.